The molecule has 7 nitrogen and oxygen atoms in total. The van der Waals surface area contributed by atoms with Crippen LogP contribution in [0.15, 0.2) is 42.9 Å². The Morgan fingerprint density at radius 2 is 2.06 bits per heavy atom. The third-order valence-corrected chi connectivity index (χ3v) is 6.92. The number of benzene rings is 1. The molecule has 0 bridgehead atoms. The van der Waals surface area contributed by atoms with E-state index in [0.717, 1.165) is 45.5 Å². The third kappa shape index (κ3) is 3.34. The summed E-state index contributed by atoms with van der Waals surface area (Å²) in [6, 6.07) is 8.70. The zero-order valence-electron chi connectivity index (χ0n) is 19.3. The van der Waals surface area contributed by atoms with Gasteiger partial charge in [0.25, 0.3) is 0 Å². The Kier molecular flexibility index (Phi) is 4.60. The van der Waals surface area contributed by atoms with Gasteiger partial charge in [-0.3, -0.25) is 14.5 Å². The van der Waals surface area contributed by atoms with Crippen LogP contribution in [0.4, 0.5) is 0 Å². The van der Waals surface area contributed by atoms with Gasteiger partial charge in [-0.25, -0.2) is 4.98 Å². The van der Waals surface area contributed by atoms with Crippen molar-refractivity contribution in [3.63, 3.8) is 0 Å². The number of amides is 1. The van der Waals surface area contributed by atoms with Crippen LogP contribution < -0.4 is 0 Å². The highest BCUT2D eigenvalue weighted by atomic mass is 16.2. The van der Waals surface area contributed by atoms with Crippen molar-refractivity contribution in [3.05, 3.63) is 54.4 Å². The second kappa shape index (κ2) is 7.54. The van der Waals surface area contributed by atoms with Crippen molar-refractivity contribution >= 4 is 16.7 Å². The second-order valence-electron chi connectivity index (χ2n) is 9.39. The standard InChI is InChI=1S/C26H28N6O/c1-4-24(33)31-13-16(2)32-23(15-31)25(29-26(32)17-8-9-17)20-7-5-6-18-10-22(27-12-21(18)20)19-11-28-30(3)14-19/h5-7,10-12,14,16-17H,4,8-9,13,15H2,1-3H3. The lowest BCUT2D eigenvalue weighted by molar-refractivity contribution is -0.132. The zero-order valence-corrected chi connectivity index (χ0v) is 19.3. The molecule has 1 atom stereocenters. The Hall–Kier alpha value is -3.48. The van der Waals surface area contributed by atoms with E-state index in [1.165, 1.54) is 18.7 Å². The van der Waals surface area contributed by atoms with E-state index >= 15 is 0 Å². The molecule has 4 heterocycles. The molecule has 1 saturated carbocycles. The molecule has 1 aromatic carbocycles. The summed E-state index contributed by atoms with van der Waals surface area (Å²) >= 11 is 0. The smallest absolute Gasteiger partial charge is 0.222 e. The summed E-state index contributed by atoms with van der Waals surface area (Å²) in [5.41, 5.74) is 5.15. The summed E-state index contributed by atoms with van der Waals surface area (Å²) in [5.74, 6) is 1.93. The average Bonchev–Trinajstić information content (AvgIpc) is 3.47. The van der Waals surface area contributed by atoms with Gasteiger partial charge in [0.05, 0.1) is 29.8 Å². The van der Waals surface area contributed by atoms with Crippen LogP contribution in [0.25, 0.3) is 33.3 Å². The van der Waals surface area contributed by atoms with Crippen LogP contribution in [-0.2, 0) is 18.4 Å². The lowest BCUT2D eigenvalue weighted by Crippen LogP contribution is -2.40. The number of pyridine rings is 1. The van der Waals surface area contributed by atoms with E-state index in [-0.39, 0.29) is 11.9 Å². The molecule has 6 rings (SSSR count). The molecular formula is C26H28N6O. The Bertz CT molecular complexity index is 1380. The van der Waals surface area contributed by atoms with Gasteiger partial charge in [-0.15, -0.1) is 0 Å². The monoisotopic (exact) mass is 440 g/mol. The van der Waals surface area contributed by atoms with Crippen LogP contribution in [0.5, 0.6) is 0 Å². The summed E-state index contributed by atoms with van der Waals surface area (Å²) in [4.78, 5) is 24.6. The number of fused-ring (bicyclic) bond motifs is 2. The number of carbonyl (C=O) groups is 1. The molecule has 33 heavy (non-hydrogen) atoms. The number of hydrogen-bond acceptors (Lipinski definition) is 4. The van der Waals surface area contributed by atoms with E-state index < -0.39 is 0 Å². The Labute approximate surface area is 193 Å². The number of aryl methyl sites for hydroxylation is 1. The van der Waals surface area contributed by atoms with Gasteiger partial charge in [0.2, 0.25) is 5.91 Å². The van der Waals surface area contributed by atoms with Crippen molar-refractivity contribution in [2.24, 2.45) is 7.05 Å². The number of aromatic nitrogens is 5. The normalized spacial score (nSPS) is 18.0. The maximum absolute atomic E-state index is 12.6. The lowest BCUT2D eigenvalue weighted by Gasteiger charge is -2.34. The highest BCUT2D eigenvalue weighted by molar-refractivity contribution is 5.97. The molecule has 0 N–H and O–H groups in total. The number of rotatable bonds is 4. The molecule has 0 saturated heterocycles. The second-order valence-corrected chi connectivity index (χ2v) is 9.39. The molecule has 1 fully saturated rings. The average molecular weight is 441 g/mol. The van der Waals surface area contributed by atoms with Gasteiger partial charge in [0, 0.05) is 60.9 Å². The minimum atomic E-state index is 0.203. The Balaban J connectivity index is 1.50. The minimum Gasteiger partial charge on any atom is -0.335 e. The van der Waals surface area contributed by atoms with E-state index in [4.69, 9.17) is 9.97 Å². The lowest BCUT2D eigenvalue weighted by atomic mass is 10.0. The first kappa shape index (κ1) is 20.1. The highest BCUT2D eigenvalue weighted by Gasteiger charge is 2.36. The summed E-state index contributed by atoms with van der Waals surface area (Å²) in [7, 11) is 1.91. The SMILES string of the molecule is CCC(=O)N1Cc2c(-c3cccc4cc(-c5cnn(C)c5)ncc34)nc(C3CC3)n2C(C)C1. The molecular weight excluding hydrogens is 412 g/mol. The topological polar surface area (TPSA) is 68.8 Å². The van der Waals surface area contributed by atoms with Crippen LogP contribution in [0.3, 0.4) is 0 Å². The molecule has 7 heteroatoms. The molecule has 3 aromatic heterocycles. The largest absolute Gasteiger partial charge is 0.335 e. The van der Waals surface area contributed by atoms with Gasteiger partial charge in [-0.05, 0) is 31.2 Å². The molecule has 1 aliphatic heterocycles. The minimum absolute atomic E-state index is 0.203. The summed E-state index contributed by atoms with van der Waals surface area (Å²) in [5, 5.41) is 6.49. The molecule has 0 radical (unpaired) electrons. The Morgan fingerprint density at radius 1 is 1.21 bits per heavy atom. The van der Waals surface area contributed by atoms with Crippen molar-refractivity contribution < 1.29 is 4.79 Å². The molecule has 1 unspecified atom stereocenters. The first-order valence-corrected chi connectivity index (χ1v) is 11.8. The molecule has 1 amide bonds. The zero-order chi connectivity index (χ0) is 22.7. The fraction of sp³-hybridized carbons (Fsp3) is 0.385. The predicted molar refractivity (Wildman–Crippen MR) is 128 cm³/mol. The molecule has 2 aliphatic rings. The fourth-order valence-electron chi connectivity index (χ4n) is 5.12. The fourth-order valence-corrected chi connectivity index (χ4v) is 5.12. The molecule has 0 spiro atoms. The van der Waals surface area contributed by atoms with Crippen LogP contribution >= 0.6 is 0 Å². The number of imidazole rings is 1. The van der Waals surface area contributed by atoms with E-state index in [0.29, 0.717) is 18.9 Å². The summed E-state index contributed by atoms with van der Waals surface area (Å²) in [6.07, 6.45) is 8.70. The third-order valence-electron chi connectivity index (χ3n) is 6.92. The van der Waals surface area contributed by atoms with E-state index in [9.17, 15) is 4.79 Å². The predicted octanol–water partition coefficient (Wildman–Crippen LogP) is 4.69. The van der Waals surface area contributed by atoms with E-state index in [2.05, 4.69) is 40.9 Å². The molecule has 4 aromatic rings. The van der Waals surface area contributed by atoms with Crippen molar-refractivity contribution in [1.29, 1.82) is 0 Å². The summed E-state index contributed by atoms with van der Waals surface area (Å²) in [6.45, 7) is 5.51. The maximum atomic E-state index is 12.6. The van der Waals surface area contributed by atoms with E-state index in [1.54, 1.807) is 4.68 Å². The first-order chi connectivity index (χ1) is 16.0. The number of hydrogen-bond donors (Lipinski definition) is 0. The van der Waals surface area contributed by atoms with Gasteiger partial charge < -0.3 is 9.47 Å². The number of carbonyl (C=O) groups excluding carboxylic acids is 1. The van der Waals surface area contributed by atoms with Crippen molar-refractivity contribution in [1.82, 2.24) is 29.2 Å². The van der Waals surface area contributed by atoms with Crippen LogP contribution in [0, 0.1) is 0 Å². The Morgan fingerprint density at radius 3 is 2.79 bits per heavy atom. The maximum Gasteiger partial charge on any atom is 0.222 e. The van der Waals surface area contributed by atoms with Crippen molar-refractivity contribution in [2.75, 3.05) is 6.54 Å². The first-order valence-electron chi connectivity index (χ1n) is 11.8. The highest BCUT2D eigenvalue weighted by Crippen LogP contribution is 2.45. The van der Waals surface area contributed by atoms with Crippen LogP contribution in [0.1, 0.15) is 56.6 Å². The van der Waals surface area contributed by atoms with E-state index in [1.807, 2.05) is 37.5 Å². The van der Waals surface area contributed by atoms with Crippen LogP contribution in [-0.4, -0.2) is 41.7 Å². The van der Waals surface area contributed by atoms with Crippen LogP contribution in [0.2, 0.25) is 0 Å². The van der Waals surface area contributed by atoms with Gasteiger partial charge >= 0.3 is 0 Å². The molecule has 168 valence electrons. The van der Waals surface area contributed by atoms with Gasteiger partial charge in [0.15, 0.2) is 0 Å². The van der Waals surface area contributed by atoms with Gasteiger partial charge in [0.1, 0.15) is 5.82 Å². The van der Waals surface area contributed by atoms with Gasteiger partial charge in [-0.1, -0.05) is 25.1 Å². The quantitative estimate of drug-likeness (QED) is 0.462. The number of nitrogens with zero attached hydrogens (tertiary/aromatic N) is 6. The van der Waals surface area contributed by atoms with Crippen molar-refractivity contribution in [3.8, 4) is 22.5 Å². The van der Waals surface area contributed by atoms with Crippen molar-refractivity contribution in [2.45, 2.75) is 51.6 Å². The summed E-state index contributed by atoms with van der Waals surface area (Å²) < 4.78 is 4.21. The van der Waals surface area contributed by atoms with Gasteiger partial charge in [-0.2, -0.15) is 5.10 Å². The molecule has 1 aliphatic carbocycles.